The molecule has 0 saturated heterocycles. The van der Waals surface area contributed by atoms with Gasteiger partial charge in [-0.15, -0.1) is 11.3 Å². The van der Waals surface area contributed by atoms with Gasteiger partial charge < -0.3 is 5.32 Å². The zero-order chi connectivity index (χ0) is 12.4. The zero-order valence-electron chi connectivity index (χ0n) is 10.2. The molecule has 0 spiro atoms. The van der Waals surface area contributed by atoms with Crippen LogP contribution in [0.3, 0.4) is 0 Å². The fourth-order valence-corrected chi connectivity index (χ4v) is 2.77. The summed E-state index contributed by atoms with van der Waals surface area (Å²) in [5.74, 6) is 0. The fraction of sp³-hybridized carbons (Fsp3) is 0.417. The molecule has 0 aliphatic heterocycles. The summed E-state index contributed by atoms with van der Waals surface area (Å²) in [4.78, 5) is 1.34. The molecule has 92 valence electrons. The SMILES string of the molecule is Cc1nn(C)c(Cl)c1CN[C@@H](C)c1cccs1. The van der Waals surface area contributed by atoms with Crippen LogP contribution >= 0.6 is 22.9 Å². The maximum absolute atomic E-state index is 6.19. The van der Waals surface area contributed by atoms with Gasteiger partial charge in [0.05, 0.1) is 5.69 Å². The summed E-state index contributed by atoms with van der Waals surface area (Å²) in [6, 6.07) is 4.55. The highest BCUT2D eigenvalue weighted by molar-refractivity contribution is 7.10. The molecule has 2 heterocycles. The van der Waals surface area contributed by atoms with Gasteiger partial charge in [-0.25, -0.2) is 0 Å². The highest BCUT2D eigenvalue weighted by atomic mass is 35.5. The van der Waals surface area contributed by atoms with E-state index < -0.39 is 0 Å². The lowest BCUT2D eigenvalue weighted by molar-refractivity contribution is 0.581. The van der Waals surface area contributed by atoms with Crippen molar-refractivity contribution in [3.63, 3.8) is 0 Å². The molecule has 0 aromatic carbocycles. The van der Waals surface area contributed by atoms with Crippen LogP contribution in [-0.4, -0.2) is 9.78 Å². The van der Waals surface area contributed by atoms with E-state index in [2.05, 4.69) is 34.9 Å². The minimum atomic E-state index is 0.339. The molecule has 0 bridgehead atoms. The van der Waals surface area contributed by atoms with Crippen molar-refractivity contribution in [2.24, 2.45) is 7.05 Å². The molecule has 0 saturated carbocycles. The Balaban J connectivity index is 2.03. The van der Waals surface area contributed by atoms with Gasteiger partial charge in [-0.3, -0.25) is 4.68 Å². The molecule has 1 N–H and O–H groups in total. The Morgan fingerprint density at radius 2 is 2.35 bits per heavy atom. The molecule has 0 radical (unpaired) electrons. The number of hydrogen-bond donors (Lipinski definition) is 1. The van der Waals surface area contributed by atoms with Crippen molar-refractivity contribution in [2.45, 2.75) is 26.4 Å². The first-order valence-corrected chi connectivity index (χ1v) is 6.80. The van der Waals surface area contributed by atoms with Gasteiger partial charge >= 0.3 is 0 Å². The third-order valence-corrected chi connectivity index (χ3v) is 4.35. The normalized spacial score (nSPS) is 12.9. The Morgan fingerprint density at radius 3 is 2.88 bits per heavy atom. The van der Waals surface area contributed by atoms with Crippen molar-refractivity contribution in [2.75, 3.05) is 0 Å². The van der Waals surface area contributed by atoms with E-state index in [1.54, 1.807) is 16.0 Å². The van der Waals surface area contributed by atoms with Crippen molar-refractivity contribution in [3.05, 3.63) is 38.8 Å². The summed E-state index contributed by atoms with van der Waals surface area (Å²) >= 11 is 7.95. The number of hydrogen-bond acceptors (Lipinski definition) is 3. The summed E-state index contributed by atoms with van der Waals surface area (Å²) in [5, 5.41) is 10.6. The predicted molar refractivity (Wildman–Crippen MR) is 72.5 cm³/mol. The third-order valence-electron chi connectivity index (χ3n) is 2.82. The van der Waals surface area contributed by atoms with Crippen LogP contribution in [-0.2, 0) is 13.6 Å². The van der Waals surface area contributed by atoms with Gasteiger partial charge in [0.15, 0.2) is 0 Å². The molecule has 2 rings (SSSR count). The van der Waals surface area contributed by atoms with E-state index in [-0.39, 0.29) is 0 Å². The summed E-state index contributed by atoms with van der Waals surface area (Å²) in [5.41, 5.74) is 2.07. The van der Waals surface area contributed by atoms with Crippen molar-refractivity contribution in [3.8, 4) is 0 Å². The summed E-state index contributed by atoms with van der Waals surface area (Å²) in [6.07, 6.45) is 0. The fourth-order valence-electron chi connectivity index (χ4n) is 1.77. The van der Waals surface area contributed by atoms with Crippen LogP contribution in [0.5, 0.6) is 0 Å². The summed E-state index contributed by atoms with van der Waals surface area (Å²) in [6.45, 7) is 4.89. The van der Waals surface area contributed by atoms with E-state index in [9.17, 15) is 0 Å². The van der Waals surface area contributed by atoms with Crippen LogP contribution in [0.25, 0.3) is 0 Å². The lowest BCUT2D eigenvalue weighted by Crippen LogP contribution is -2.17. The van der Waals surface area contributed by atoms with Gasteiger partial charge in [-0.2, -0.15) is 5.10 Å². The third kappa shape index (κ3) is 2.70. The number of thiophene rings is 1. The number of nitrogens with zero attached hydrogens (tertiary/aromatic N) is 2. The quantitative estimate of drug-likeness (QED) is 0.923. The van der Waals surface area contributed by atoms with Crippen LogP contribution in [0.2, 0.25) is 5.15 Å². The first-order chi connectivity index (χ1) is 8.09. The highest BCUT2D eigenvalue weighted by Gasteiger charge is 2.12. The molecule has 2 aromatic heterocycles. The van der Waals surface area contributed by atoms with Gasteiger partial charge in [0.25, 0.3) is 0 Å². The molecule has 17 heavy (non-hydrogen) atoms. The molecule has 0 fully saturated rings. The van der Waals surface area contributed by atoms with Crippen LogP contribution in [0.1, 0.15) is 29.1 Å². The van der Waals surface area contributed by atoms with Gasteiger partial charge in [-0.05, 0) is 25.3 Å². The van der Waals surface area contributed by atoms with Crippen molar-refractivity contribution >= 4 is 22.9 Å². The van der Waals surface area contributed by atoms with Crippen molar-refractivity contribution in [1.82, 2.24) is 15.1 Å². The standard InChI is InChI=1S/C12H16ClN3S/c1-8-10(12(13)16(3)15-8)7-14-9(2)11-5-4-6-17-11/h4-6,9,14H,7H2,1-3H3/t9-/m0/s1. The molecular formula is C12H16ClN3S. The lowest BCUT2D eigenvalue weighted by atomic mass is 10.2. The second kappa shape index (κ2) is 5.21. The number of rotatable bonds is 4. The van der Waals surface area contributed by atoms with Crippen molar-refractivity contribution in [1.29, 1.82) is 0 Å². The topological polar surface area (TPSA) is 29.9 Å². The lowest BCUT2D eigenvalue weighted by Gasteiger charge is -2.11. The summed E-state index contributed by atoms with van der Waals surface area (Å²) in [7, 11) is 1.86. The Labute approximate surface area is 110 Å². The van der Waals surface area contributed by atoms with Crippen LogP contribution in [0, 0.1) is 6.92 Å². The molecule has 0 amide bonds. The van der Waals surface area contributed by atoms with Gasteiger partial charge in [-0.1, -0.05) is 17.7 Å². The number of aromatic nitrogens is 2. The molecule has 0 aliphatic carbocycles. The Morgan fingerprint density at radius 1 is 1.59 bits per heavy atom. The van der Waals surface area contributed by atoms with E-state index in [1.165, 1.54) is 4.88 Å². The Kier molecular flexibility index (Phi) is 3.86. The average molecular weight is 270 g/mol. The monoisotopic (exact) mass is 269 g/mol. The molecule has 5 heteroatoms. The number of halogens is 1. The Bertz CT molecular complexity index is 490. The van der Waals surface area contributed by atoms with Gasteiger partial charge in [0.1, 0.15) is 5.15 Å². The van der Waals surface area contributed by atoms with Crippen LogP contribution in [0.4, 0.5) is 0 Å². The smallest absolute Gasteiger partial charge is 0.131 e. The maximum atomic E-state index is 6.19. The summed E-state index contributed by atoms with van der Waals surface area (Å²) < 4.78 is 1.71. The molecule has 0 aliphatic rings. The predicted octanol–water partition coefficient (Wildman–Crippen LogP) is 3.29. The number of nitrogens with one attached hydrogen (secondary N) is 1. The van der Waals surface area contributed by atoms with E-state index >= 15 is 0 Å². The molecular weight excluding hydrogens is 254 g/mol. The molecule has 0 unspecified atom stereocenters. The van der Waals surface area contributed by atoms with E-state index in [0.29, 0.717) is 11.2 Å². The number of aryl methyl sites for hydroxylation is 2. The van der Waals surface area contributed by atoms with Gasteiger partial charge in [0.2, 0.25) is 0 Å². The van der Waals surface area contributed by atoms with Crippen molar-refractivity contribution < 1.29 is 0 Å². The Hall–Kier alpha value is -0.840. The minimum Gasteiger partial charge on any atom is -0.305 e. The van der Waals surface area contributed by atoms with Gasteiger partial charge in [0, 0.05) is 30.1 Å². The van der Waals surface area contributed by atoms with E-state index in [0.717, 1.165) is 17.8 Å². The maximum Gasteiger partial charge on any atom is 0.131 e. The van der Waals surface area contributed by atoms with E-state index in [1.807, 2.05) is 14.0 Å². The first kappa shape index (κ1) is 12.6. The molecule has 3 nitrogen and oxygen atoms in total. The largest absolute Gasteiger partial charge is 0.305 e. The minimum absolute atomic E-state index is 0.339. The second-order valence-corrected chi connectivity index (χ2v) is 5.43. The van der Waals surface area contributed by atoms with Crippen LogP contribution in [0.15, 0.2) is 17.5 Å². The average Bonchev–Trinajstić information content (AvgIpc) is 2.88. The first-order valence-electron chi connectivity index (χ1n) is 5.54. The molecule has 1 atom stereocenters. The highest BCUT2D eigenvalue weighted by Crippen LogP contribution is 2.22. The van der Waals surface area contributed by atoms with Crippen LogP contribution < -0.4 is 5.32 Å². The van der Waals surface area contributed by atoms with E-state index in [4.69, 9.17) is 11.6 Å². The molecule has 2 aromatic rings. The second-order valence-electron chi connectivity index (χ2n) is 4.10. The zero-order valence-corrected chi connectivity index (χ0v) is 11.8.